The number of benzene rings is 1. The molecule has 3 heteroatoms. The molecule has 1 fully saturated rings. The summed E-state index contributed by atoms with van der Waals surface area (Å²) in [6.45, 7) is 0.897. The van der Waals surface area contributed by atoms with Gasteiger partial charge in [-0.1, -0.05) is 29.8 Å². The van der Waals surface area contributed by atoms with Gasteiger partial charge >= 0.3 is 0 Å². The predicted octanol–water partition coefficient (Wildman–Crippen LogP) is 4.10. The van der Waals surface area contributed by atoms with Crippen molar-refractivity contribution in [2.45, 2.75) is 43.5 Å². The fourth-order valence-corrected chi connectivity index (χ4v) is 3.34. The summed E-state index contributed by atoms with van der Waals surface area (Å²) in [5, 5.41) is 5.39. The lowest BCUT2D eigenvalue weighted by atomic mass is 9.95. The van der Waals surface area contributed by atoms with Crippen LogP contribution in [-0.4, -0.2) is 17.5 Å². The van der Waals surface area contributed by atoms with E-state index in [1.165, 1.54) is 31.2 Å². The van der Waals surface area contributed by atoms with Crippen LogP contribution in [0.2, 0.25) is 5.02 Å². The molecule has 0 unspecified atom stereocenters. The first-order chi connectivity index (χ1) is 8.29. The van der Waals surface area contributed by atoms with Crippen LogP contribution < -0.4 is 5.32 Å². The Labute approximate surface area is 113 Å². The minimum Gasteiger partial charge on any atom is -0.310 e. The Hall–Kier alpha value is -0.180. The third-order valence-electron chi connectivity index (χ3n) is 3.55. The van der Waals surface area contributed by atoms with Crippen LogP contribution in [0.15, 0.2) is 24.3 Å². The molecule has 17 heavy (non-hydrogen) atoms. The highest BCUT2D eigenvalue weighted by molar-refractivity contribution is 7.99. The topological polar surface area (TPSA) is 12.0 Å². The quantitative estimate of drug-likeness (QED) is 0.883. The third kappa shape index (κ3) is 3.90. The Kier molecular flexibility index (Phi) is 5.20. The first-order valence-corrected chi connectivity index (χ1v) is 7.95. The predicted molar refractivity (Wildman–Crippen MR) is 77.9 cm³/mol. The van der Waals surface area contributed by atoms with Crippen LogP contribution in [-0.2, 0) is 6.54 Å². The summed E-state index contributed by atoms with van der Waals surface area (Å²) in [6.07, 6.45) is 7.52. The van der Waals surface area contributed by atoms with Crippen molar-refractivity contribution in [3.05, 3.63) is 34.9 Å². The molecule has 0 aromatic heterocycles. The molecule has 1 aliphatic rings. The van der Waals surface area contributed by atoms with E-state index >= 15 is 0 Å². The molecular formula is C14H20ClNS. The van der Waals surface area contributed by atoms with E-state index in [0.29, 0.717) is 6.04 Å². The Morgan fingerprint density at radius 1 is 1.24 bits per heavy atom. The zero-order valence-corrected chi connectivity index (χ0v) is 11.9. The Morgan fingerprint density at radius 2 is 1.94 bits per heavy atom. The number of rotatable bonds is 4. The SMILES string of the molecule is CSC1CCC(NCc2ccccc2Cl)CC1. The van der Waals surface area contributed by atoms with Crippen molar-refractivity contribution in [2.75, 3.05) is 6.26 Å². The van der Waals surface area contributed by atoms with E-state index in [1.807, 2.05) is 30.0 Å². The van der Waals surface area contributed by atoms with Crippen LogP contribution in [0.25, 0.3) is 0 Å². The fraction of sp³-hybridized carbons (Fsp3) is 0.571. The normalized spacial score (nSPS) is 24.8. The van der Waals surface area contributed by atoms with Gasteiger partial charge < -0.3 is 5.32 Å². The number of nitrogens with one attached hydrogen (secondary N) is 1. The zero-order valence-electron chi connectivity index (χ0n) is 10.3. The van der Waals surface area contributed by atoms with Crippen molar-refractivity contribution >= 4 is 23.4 Å². The Bertz CT molecular complexity index is 348. The van der Waals surface area contributed by atoms with Gasteiger partial charge in [-0.25, -0.2) is 0 Å². The third-order valence-corrected chi connectivity index (χ3v) is 5.05. The van der Waals surface area contributed by atoms with E-state index in [9.17, 15) is 0 Å². The molecule has 0 saturated heterocycles. The van der Waals surface area contributed by atoms with E-state index in [-0.39, 0.29) is 0 Å². The number of hydrogen-bond acceptors (Lipinski definition) is 2. The standard InChI is InChI=1S/C14H20ClNS/c1-17-13-8-6-12(7-9-13)16-10-11-4-2-3-5-14(11)15/h2-5,12-13,16H,6-10H2,1H3. The first kappa shape index (κ1) is 13.3. The zero-order chi connectivity index (χ0) is 12.1. The molecule has 0 spiro atoms. The van der Waals surface area contributed by atoms with Crippen LogP contribution >= 0.6 is 23.4 Å². The van der Waals surface area contributed by atoms with Gasteiger partial charge in [0.25, 0.3) is 0 Å². The lowest BCUT2D eigenvalue weighted by molar-refractivity contribution is 0.379. The summed E-state index contributed by atoms with van der Waals surface area (Å²) in [7, 11) is 0. The Morgan fingerprint density at radius 3 is 2.59 bits per heavy atom. The molecule has 1 aliphatic carbocycles. The molecule has 1 aromatic rings. The van der Waals surface area contributed by atoms with Gasteiger partial charge in [0.05, 0.1) is 0 Å². The molecule has 94 valence electrons. The van der Waals surface area contributed by atoms with Crippen LogP contribution in [0, 0.1) is 0 Å². The molecule has 0 amide bonds. The average molecular weight is 270 g/mol. The van der Waals surface area contributed by atoms with Crippen molar-refractivity contribution in [1.29, 1.82) is 0 Å². The van der Waals surface area contributed by atoms with Crippen molar-refractivity contribution in [2.24, 2.45) is 0 Å². The maximum Gasteiger partial charge on any atom is 0.0450 e. The maximum absolute atomic E-state index is 6.14. The molecule has 0 atom stereocenters. The smallest absolute Gasteiger partial charge is 0.0450 e. The van der Waals surface area contributed by atoms with Gasteiger partial charge in [0, 0.05) is 22.9 Å². The summed E-state index contributed by atoms with van der Waals surface area (Å²) >= 11 is 8.16. The summed E-state index contributed by atoms with van der Waals surface area (Å²) in [6, 6.07) is 8.77. The summed E-state index contributed by atoms with van der Waals surface area (Å²) < 4.78 is 0. The minimum absolute atomic E-state index is 0.676. The fourth-order valence-electron chi connectivity index (χ4n) is 2.40. The molecule has 2 rings (SSSR count). The molecule has 1 N–H and O–H groups in total. The lowest BCUT2D eigenvalue weighted by Gasteiger charge is -2.28. The lowest BCUT2D eigenvalue weighted by Crippen LogP contribution is -2.33. The van der Waals surface area contributed by atoms with Gasteiger partial charge in [-0.3, -0.25) is 0 Å². The van der Waals surface area contributed by atoms with Crippen molar-refractivity contribution in [1.82, 2.24) is 5.32 Å². The average Bonchev–Trinajstić information content (AvgIpc) is 2.38. The second kappa shape index (κ2) is 6.67. The second-order valence-electron chi connectivity index (χ2n) is 4.68. The van der Waals surface area contributed by atoms with Crippen LogP contribution in [0.5, 0.6) is 0 Å². The minimum atomic E-state index is 0.676. The van der Waals surface area contributed by atoms with Gasteiger partial charge in [-0.15, -0.1) is 0 Å². The first-order valence-electron chi connectivity index (χ1n) is 6.29. The molecular weight excluding hydrogens is 250 g/mol. The molecule has 1 saturated carbocycles. The van der Waals surface area contributed by atoms with Gasteiger partial charge in [-0.2, -0.15) is 11.8 Å². The summed E-state index contributed by atoms with van der Waals surface area (Å²) in [5.74, 6) is 0. The van der Waals surface area contributed by atoms with Crippen molar-refractivity contribution in [3.63, 3.8) is 0 Å². The van der Waals surface area contributed by atoms with E-state index in [0.717, 1.165) is 16.8 Å². The van der Waals surface area contributed by atoms with Crippen LogP contribution in [0.3, 0.4) is 0 Å². The molecule has 0 radical (unpaired) electrons. The summed E-state index contributed by atoms with van der Waals surface area (Å²) in [4.78, 5) is 0. The maximum atomic E-state index is 6.14. The van der Waals surface area contributed by atoms with Crippen molar-refractivity contribution < 1.29 is 0 Å². The molecule has 1 nitrogen and oxygen atoms in total. The van der Waals surface area contributed by atoms with Crippen LogP contribution in [0.4, 0.5) is 0 Å². The van der Waals surface area contributed by atoms with Gasteiger partial charge in [0.2, 0.25) is 0 Å². The van der Waals surface area contributed by atoms with E-state index in [2.05, 4.69) is 17.6 Å². The molecule has 0 heterocycles. The van der Waals surface area contributed by atoms with Gasteiger partial charge in [0.15, 0.2) is 0 Å². The second-order valence-corrected chi connectivity index (χ2v) is 6.23. The number of thioether (sulfide) groups is 1. The van der Waals surface area contributed by atoms with Crippen molar-refractivity contribution in [3.8, 4) is 0 Å². The highest BCUT2D eigenvalue weighted by Crippen LogP contribution is 2.27. The van der Waals surface area contributed by atoms with Gasteiger partial charge in [0.1, 0.15) is 0 Å². The number of halogens is 1. The monoisotopic (exact) mass is 269 g/mol. The molecule has 0 aliphatic heterocycles. The van der Waals surface area contributed by atoms with E-state index < -0.39 is 0 Å². The Balaban J connectivity index is 1.78. The van der Waals surface area contributed by atoms with E-state index in [4.69, 9.17) is 11.6 Å². The highest BCUT2D eigenvalue weighted by atomic mass is 35.5. The molecule has 1 aromatic carbocycles. The highest BCUT2D eigenvalue weighted by Gasteiger charge is 2.19. The number of hydrogen-bond donors (Lipinski definition) is 1. The summed E-state index contributed by atoms with van der Waals surface area (Å²) in [5.41, 5.74) is 1.21. The molecule has 0 bridgehead atoms. The van der Waals surface area contributed by atoms with E-state index in [1.54, 1.807) is 0 Å². The largest absolute Gasteiger partial charge is 0.310 e. The van der Waals surface area contributed by atoms with Crippen LogP contribution in [0.1, 0.15) is 31.2 Å². The van der Waals surface area contributed by atoms with Gasteiger partial charge in [-0.05, 0) is 43.6 Å².